The van der Waals surface area contributed by atoms with Crippen LogP contribution in [0, 0.1) is 0 Å². The molecule has 1 aliphatic rings. The molecule has 1 saturated heterocycles. The zero-order chi connectivity index (χ0) is 26.0. The zero-order valence-electron chi connectivity index (χ0n) is 21.0. The summed E-state index contributed by atoms with van der Waals surface area (Å²) < 4.78 is 7.48. The number of hydrogen-bond donors (Lipinski definition) is 2. The Labute approximate surface area is 226 Å². The molecule has 2 N–H and O–H groups in total. The van der Waals surface area contributed by atoms with Gasteiger partial charge in [-0.25, -0.2) is 0 Å². The molecular formula is C28H34ClN3O4S. The van der Waals surface area contributed by atoms with Crippen molar-refractivity contribution < 1.29 is 14.6 Å². The highest BCUT2D eigenvalue weighted by atomic mass is 35.5. The smallest absolute Gasteiger partial charge is 0.257 e. The second-order valence-corrected chi connectivity index (χ2v) is 10.8. The first kappa shape index (κ1) is 27.7. The van der Waals surface area contributed by atoms with Gasteiger partial charge in [-0.05, 0) is 59.7 Å². The molecular weight excluding hydrogens is 510 g/mol. The number of aliphatic hydroxyl groups is 1. The predicted molar refractivity (Wildman–Crippen MR) is 151 cm³/mol. The average molecular weight is 544 g/mol. The first-order chi connectivity index (χ1) is 18.0. The molecule has 0 unspecified atom stereocenters. The van der Waals surface area contributed by atoms with Crippen LogP contribution in [0.3, 0.4) is 0 Å². The molecule has 1 aromatic heterocycles. The number of benzene rings is 2. The number of aromatic nitrogens is 1. The van der Waals surface area contributed by atoms with Gasteiger partial charge in [-0.1, -0.05) is 29.8 Å². The van der Waals surface area contributed by atoms with Crippen LogP contribution in [-0.4, -0.2) is 64.9 Å². The van der Waals surface area contributed by atoms with Gasteiger partial charge in [-0.3, -0.25) is 14.5 Å². The van der Waals surface area contributed by atoms with Gasteiger partial charge in [-0.2, -0.15) is 11.8 Å². The van der Waals surface area contributed by atoms with E-state index in [-0.39, 0.29) is 23.5 Å². The third-order valence-electron chi connectivity index (χ3n) is 6.40. The normalized spacial score (nSPS) is 14.2. The van der Waals surface area contributed by atoms with Crippen molar-refractivity contribution in [3.63, 3.8) is 0 Å². The Balaban J connectivity index is 1.57. The lowest BCUT2D eigenvalue weighted by molar-refractivity contribution is 0.0342. The summed E-state index contributed by atoms with van der Waals surface area (Å²) in [5.74, 6) is 1.48. The standard InChI is InChI=1S/C28H34ClN3O4S/c29-23-6-3-21(4-7-23)18-30-28(35)25-20-32(9-1-15-37-16-2-12-33)26-8-5-22(17-24(26)27(25)34)19-31-10-13-36-14-11-31/h3-8,17,20,33H,1-2,9-16,18-19H2,(H,30,35). The minimum atomic E-state index is -0.383. The second kappa shape index (κ2) is 14.0. The van der Waals surface area contributed by atoms with Crippen molar-refractivity contribution in [2.75, 3.05) is 44.4 Å². The third kappa shape index (κ3) is 7.82. The molecule has 2 heterocycles. The summed E-state index contributed by atoms with van der Waals surface area (Å²) in [5, 5.41) is 13.1. The lowest BCUT2D eigenvalue weighted by Gasteiger charge is -2.26. The summed E-state index contributed by atoms with van der Waals surface area (Å²) in [6.45, 7) is 5.12. The molecule has 1 aliphatic heterocycles. The predicted octanol–water partition coefficient (Wildman–Crippen LogP) is 3.92. The van der Waals surface area contributed by atoms with E-state index in [2.05, 4.69) is 16.3 Å². The van der Waals surface area contributed by atoms with E-state index in [0.29, 0.717) is 36.7 Å². The van der Waals surface area contributed by atoms with Crippen molar-refractivity contribution in [1.82, 2.24) is 14.8 Å². The molecule has 0 spiro atoms. The van der Waals surface area contributed by atoms with E-state index in [9.17, 15) is 9.59 Å². The van der Waals surface area contributed by atoms with Gasteiger partial charge in [0.05, 0.1) is 18.7 Å². The number of morpholine rings is 1. The van der Waals surface area contributed by atoms with E-state index < -0.39 is 0 Å². The van der Waals surface area contributed by atoms with Crippen LogP contribution in [0.1, 0.15) is 34.3 Å². The fourth-order valence-electron chi connectivity index (χ4n) is 4.39. The summed E-state index contributed by atoms with van der Waals surface area (Å²) in [4.78, 5) is 29.0. The van der Waals surface area contributed by atoms with Gasteiger partial charge in [-0.15, -0.1) is 0 Å². The van der Waals surface area contributed by atoms with E-state index in [4.69, 9.17) is 21.4 Å². The number of pyridine rings is 1. The van der Waals surface area contributed by atoms with Crippen LogP contribution in [0.25, 0.3) is 10.9 Å². The molecule has 1 fully saturated rings. The van der Waals surface area contributed by atoms with E-state index in [1.165, 1.54) is 0 Å². The fourth-order valence-corrected chi connectivity index (χ4v) is 5.39. The molecule has 0 atom stereocenters. The Morgan fingerprint density at radius 3 is 2.54 bits per heavy atom. The minimum Gasteiger partial charge on any atom is -0.396 e. The molecule has 4 rings (SSSR count). The lowest BCUT2D eigenvalue weighted by Crippen LogP contribution is -2.35. The van der Waals surface area contributed by atoms with Crippen molar-refractivity contribution in [3.8, 4) is 0 Å². The van der Waals surface area contributed by atoms with Crippen molar-refractivity contribution in [2.24, 2.45) is 0 Å². The van der Waals surface area contributed by atoms with Crippen LogP contribution < -0.4 is 10.7 Å². The Hall–Kier alpha value is -2.36. The summed E-state index contributed by atoms with van der Waals surface area (Å²) in [6.07, 6.45) is 3.38. The Morgan fingerprint density at radius 2 is 1.78 bits per heavy atom. The van der Waals surface area contributed by atoms with E-state index >= 15 is 0 Å². The van der Waals surface area contributed by atoms with Crippen LogP contribution in [0.15, 0.2) is 53.5 Å². The van der Waals surface area contributed by atoms with Gasteiger partial charge in [0.25, 0.3) is 5.91 Å². The number of carbonyl (C=O) groups excluding carboxylic acids is 1. The number of aliphatic hydroxyl groups excluding tert-OH is 1. The molecule has 3 aromatic rings. The molecule has 7 nitrogen and oxygen atoms in total. The summed E-state index contributed by atoms with van der Waals surface area (Å²) in [5.41, 5.74) is 2.70. The molecule has 0 radical (unpaired) electrons. The number of hydrogen-bond acceptors (Lipinski definition) is 6. The molecule has 1 amide bonds. The highest BCUT2D eigenvalue weighted by molar-refractivity contribution is 7.99. The zero-order valence-corrected chi connectivity index (χ0v) is 22.5. The van der Waals surface area contributed by atoms with Gasteiger partial charge in [0.2, 0.25) is 5.43 Å². The van der Waals surface area contributed by atoms with E-state index in [1.807, 2.05) is 28.8 Å². The summed E-state index contributed by atoms with van der Waals surface area (Å²) >= 11 is 7.77. The second-order valence-electron chi connectivity index (χ2n) is 9.16. The number of ether oxygens (including phenoxy) is 1. The highest BCUT2D eigenvalue weighted by Gasteiger charge is 2.17. The van der Waals surface area contributed by atoms with E-state index in [0.717, 1.165) is 60.6 Å². The molecule has 0 saturated carbocycles. The fraction of sp³-hybridized carbons (Fsp3) is 0.429. The summed E-state index contributed by atoms with van der Waals surface area (Å²) in [7, 11) is 0. The number of nitrogens with zero attached hydrogens (tertiary/aromatic N) is 2. The average Bonchev–Trinajstić information content (AvgIpc) is 2.92. The molecule has 2 aromatic carbocycles. The lowest BCUT2D eigenvalue weighted by atomic mass is 10.1. The van der Waals surface area contributed by atoms with Gasteiger partial charge in [0, 0.05) is 55.9 Å². The van der Waals surface area contributed by atoms with Gasteiger partial charge >= 0.3 is 0 Å². The number of carbonyl (C=O) groups is 1. The Morgan fingerprint density at radius 1 is 1.05 bits per heavy atom. The number of fused-ring (bicyclic) bond motifs is 1. The number of aryl methyl sites for hydroxylation is 1. The number of nitrogens with one attached hydrogen (secondary N) is 1. The monoisotopic (exact) mass is 543 g/mol. The maximum atomic E-state index is 13.5. The largest absolute Gasteiger partial charge is 0.396 e. The number of halogens is 1. The Bertz CT molecular complexity index is 1240. The van der Waals surface area contributed by atoms with E-state index in [1.54, 1.807) is 30.1 Å². The maximum Gasteiger partial charge on any atom is 0.257 e. The number of thioether (sulfide) groups is 1. The topological polar surface area (TPSA) is 83.8 Å². The molecule has 0 bridgehead atoms. The van der Waals surface area contributed by atoms with Crippen LogP contribution in [0.2, 0.25) is 5.02 Å². The van der Waals surface area contributed by atoms with Crippen LogP contribution in [-0.2, 0) is 24.4 Å². The van der Waals surface area contributed by atoms with Gasteiger partial charge in [0.15, 0.2) is 0 Å². The number of rotatable bonds is 12. The number of amides is 1. The maximum absolute atomic E-state index is 13.5. The van der Waals surface area contributed by atoms with Crippen LogP contribution in [0.5, 0.6) is 0 Å². The van der Waals surface area contributed by atoms with Gasteiger partial charge < -0.3 is 19.7 Å². The van der Waals surface area contributed by atoms with Crippen molar-refractivity contribution in [2.45, 2.75) is 32.5 Å². The first-order valence-corrected chi connectivity index (χ1v) is 14.3. The molecule has 0 aliphatic carbocycles. The summed E-state index contributed by atoms with van der Waals surface area (Å²) in [6, 6.07) is 13.3. The van der Waals surface area contributed by atoms with Crippen molar-refractivity contribution >= 4 is 40.2 Å². The Kier molecular flexibility index (Phi) is 10.5. The third-order valence-corrected chi connectivity index (χ3v) is 7.81. The SMILES string of the molecule is O=C(NCc1ccc(Cl)cc1)c1cn(CCCSCCCO)c2ccc(CN3CCOCC3)cc2c1=O. The van der Waals surface area contributed by atoms with Crippen LogP contribution >= 0.6 is 23.4 Å². The quantitative estimate of drug-likeness (QED) is 0.337. The van der Waals surface area contributed by atoms with Crippen LogP contribution in [0.4, 0.5) is 0 Å². The van der Waals surface area contributed by atoms with Gasteiger partial charge in [0.1, 0.15) is 5.56 Å². The molecule has 198 valence electrons. The first-order valence-electron chi connectivity index (χ1n) is 12.7. The van der Waals surface area contributed by atoms with Crippen molar-refractivity contribution in [1.29, 1.82) is 0 Å². The molecule has 37 heavy (non-hydrogen) atoms. The molecule has 9 heteroatoms. The highest BCUT2D eigenvalue weighted by Crippen LogP contribution is 2.18. The minimum absolute atomic E-state index is 0.151. The van der Waals surface area contributed by atoms with Crippen molar-refractivity contribution in [3.05, 3.63) is 80.6 Å².